The SMILES string of the molecule is C[N+]1(C)C[C@H]2CCC(Cl)=C(Cl)[C@H]2C1. The molecule has 0 radical (unpaired) electrons. The van der Waals surface area contributed by atoms with Crippen molar-refractivity contribution >= 4 is 23.2 Å². The van der Waals surface area contributed by atoms with Gasteiger partial charge in [-0.3, -0.25) is 0 Å². The summed E-state index contributed by atoms with van der Waals surface area (Å²) < 4.78 is 1.09. The van der Waals surface area contributed by atoms with Gasteiger partial charge in [0.15, 0.2) is 0 Å². The minimum Gasteiger partial charge on any atom is -0.328 e. The van der Waals surface area contributed by atoms with Crippen molar-refractivity contribution in [2.75, 3.05) is 27.2 Å². The molecular formula is C10H16Cl2N+. The second-order valence-electron chi connectivity index (χ2n) is 4.96. The van der Waals surface area contributed by atoms with Crippen LogP contribution in [0.25, 0.3) is 0 Å². The van der Waals surface area contributed by atoms with E-state index in [2.05, 4.69) is 14.1 Å². The van der Waals surface area contributed by atoms with Crippen LogP contribution in [0.2, 0.25) is 0 Å². The zero-order chi connectivity index (χ0) is 9.64. The van der Waals surface area contributed by atoms with Crippen LogP contribution in [-0.2, 0) is 0 Å². The lowest BCUT2D eigenvalue weighted by molar-refractivity contribution is -0.880. The number of hydrogen-bond donors (Lipinski definition) is 0. The molecule has 1 fully saturated rings. The summed E-state index contributed by atoms with van der Waals surface area (Å²) in [6.07, 6.45) is 2.21. The molecule has 0 aromatic rings. The minimum absolute atomic E-state index is 0.540. The molecule has 74 valence electrons. The van der Waals surface area contributed by atoms with Crippen molar-refractivity contribution in [3.8, 4) is 0 Å². The fourth-order valence-corrected chi connectivity index (χ4v) is 3.32. The van der Waals surface area contributed by atoms with E-state index in [0.717, 1.165) is 33.4 Å². The summed E-state index contributed by atoms with van der Waals surface area (Å²) in [5.74, 6) is 1.31. The van der Waals surface area contributed by atoms with Crippen LogP contribution in [-0.4, -0.2) is 31.7 Å². The molecule has 1 saturated heterocycles. The maximum Gasteiger partial charge on any atom is 0.0866 e. The van der Waals surface area contributed by atoms with E-state index in [1.807, 2.05) is 0 Å². The summed E-state index contributed by atoms with van der Waals surface area (Å²) in [5.41, 5.74) is 0. The predicted octanol–water partition coefficient (Wildman–Crippen LogP) is 2.79. The summed E-state index contributed by atoms with van der Waals surface area (Å²) in [6, 6.07) is 0. The summed E-state index contributed by atoms with van der Waals surface area (Å²) in [4.78, 5) is 0. The van der Waals surface area contributed by atoms with E-state index in [9.17, 15) is 0 Å². The molecule has 2 aliphatic rings. The summed E-state index contributed by atoms with van der Waals surface area (Å²) >= 11 is 12.3. The normalized spacial score (nSPS) is 37.8. The number of quaternary nitrogens is 1. The van der Waals surface area contributed by atoms with Gasteiger partial charge in [0.1, 0.15) is 0 Å². The maximum absolute atomic E-state index is 6.23. The van der Waals surface area contributed by atoms with Crippen molar-refractivity contribution in [3.05, 3.63) is 10.1 Å². The van der Waals surface area contributed by atoms with Crippen LogP contribution in [0.4, 0.5) is 0 Å². The van der Waals surface area contributed by atoms with Crippen LogP contribution in [0.5, 0.6) is 0 Å². The molecule has 2 rings (SSSR count). The molecular weight excluding hydrogens is 205 g/mol. The Hall–Kier alpha value is 0.280. The Labute approximate surface area is 89.9 Å². The van der Waals surface area contributed by atoms with Crippen LogP contribution >= 0.6 is 23.2 Å². The lowest BCUT2D eigenvalue weighted by Crippen LogP contribution is -2.36. The largest absolute Gasteiger partial charge is 0.328 e. The molecule has 0 spiro atoms. The van der Waals surface area contributed by atoms with Gasteiger partial charge in [-0.15, -0.1) is 0 Å². The molecule has 0 saturated carbocycles. The van der Waals surface area contributed by atoms with Crippen molar-refractivity contribution in [1.82, 2.24) is 0 Å². The van der Waals surface area contributed by atoms with E-state index in [0.29, 0.717) is 5.92 Å². The van der Waals surface area contributed by atoms with Crippen molar-refractivity contribution < 1.29 is 4.48 Å². The third kappa shape index (κ3) is 1.74. The fourth-order valence-electron chi connectivity index (χ4n) is 2.73. The molecule has 1 aliphatic heterocycles. The zero-order valence-electron chi connectivity index (χ0n) is 8.19. The topological polar surface area (TPSA) is 0 Å². The second kappa shape index (κ2) is 3.15. The number of rotatable bonds is 0. The van der Waals surface area contributed by atoms with Crippen LogP contribution in [0.15, 0.2) is 10.1 Å². The zero-order valence-corrected chi connectivity index (χ0v) is 9.70. The van der Waals surface area contributed by atoms with Crippen molar-refractivity contribution in [2.24, 2.45) is 11.8 Å². The highest BCUT2D eigenvalue weighted by molar-refractivity contribution is 6.39. The minimum atomic E-state index is 0.540. The molecule has 0 amide bonds. The first-order valence-electron chi connectivity index (χ1n) is 4.86. The molecule has 2 atom stereocenters. The first-order valence-corrected chi connectivity index (χ1v) is 5.61. The lowest BCUT2D eigenvalue weighted by atomic mass is 9.86. The van der Waals surface area contributed by atoms with Gasteiger partial charge in [-0.25, -0.2) is 0 Å². The van der Waals surface area contributed by atoms with Gasteiger partial charge in [-0.1, -0.05) is 23.2 Å². The Morgan fingerprint density at radius 1 is 1.23 bits per heavy atom. The molecule has 0 bridgehead atoms. The first kappa shape index (κ1) is 9.82. The second-order valence-corrected chi connectivity index (χ2v) is 5.82. The quantitative estimate of drug-likeness (QED) is 0.552. The van der Waals surface area contributed by atoms with E-state index < -0.39 is 0 Å². The highest BCUT2D eigenvalue weighted by Crippen LogP contribution is 2.44. The number of fused-ring (bicyclic) bond motifs is 1. The van der Waals surface area contributed by atoms with Crippen molar-refractivity contribution in [3.63, 3.8) is 0 Å². The third-order valence-electron chi connectivity index (χ3n) is 3.31. The van der Waals surface area contributed by atoms with E-state index in [1.54, 1.807) is 0 Å². The van der Waals surface area contributed by atoms with Gasteiger partial charge in [-0.05, 0) is 12.8 Å². The van der Waals surface area contributed by atoms with Crippen LogP contribution in [0, 0.1) is 11.8 Å². The molecule has 1 nitrogen and oxygen atoms in total. The van der Waals surface area contributed by atoms with E-state index in [4.69, 9.17) is 23.2 Å². The number of allylic oxidation sites excluding steroid dienone is 1. The smallest absolute Gasteiger partial charge is 0.0866 e. The lowest BCUT2D eigenvalue weighted by Gasteiger charge is -2.23. The Balaban J connectivity index is 2.24. The molecule has 0 N–H and O–H groups in total. The van der Waals surface area contributed by atoms with Gasteiger partial charge < -0.3 is 4.48 Å². The van der Waals surface area contributed by atoms with E-state index >= 15 is 0 Å². The highest BCUT2D eigenvalue weighted by atomic mass is 35.5. The Kier molecular flexibility index (Phi) is 2.38. The highest BCUT2D eigenvalue weighted by Gasteiger charge is 2.44. The molecule has 1 heterocycles. The van der Waals surface area contributed by atoms with Crippen molar-refractivity contribution in [2.45, 2.75) is 12.8 Å². The summed E-state index contributed by atoms with van der Waals surface area (Å²) in [7, 11) is 4.55. The fraction of sp³-hybridized carbons (Fsp3) is 0.800. The van der Waals surface area contributed by atoms with Gasteiger partial charge in [-0.2, -0.15) is 0 Å². The molecule has 0 aromatic carbocycles. The molecule has 3 heteroatoms. The average Bonchev–Trinajstić information content (AvgIpc) is 2.34. The van der Waals surface area contributed by atoms with Gasteiger partial charge >= 0.3 is 0 Å². The first-order chi connectivity index (χ1) is 5.99. The predicted molar refractivity (Wildman–Crippen MR) is 56.8 cm³/mol. The number of halogens is 2. The van der Waals surface area contributed by atoms with Gasteiger partial charge in [0.2, 0.25) is 0 Å². The van der Waals surface area contributed by atoms with Gasteiger partial charge in [0, 0.05) is 16.0 Å². The van der Waals surface area contributed by atoms with Crippen molar-refractivity contribution in [1.29, 1.82) is 0 Å². The monoisotopic (exact) mass is 220 g/mol. The maximum atomic E-state index is 6.23. The van der Waals surface area contributed by atoms with E-state index in [1.165, 1.54) is 13.0 Å². The number of likely N-dealkylation sites (tertiary alicyclic amines) is 1. The Morgan fingerprint density at radius 3 is 2.62 bits per heavy atom. The average molecular weight is 221 g/mol. The van der Waals surface area contributed by atoms with Crippen LogP contribution in [0.3, 0.4) is 0 Å². The van der Waals surface area contributed by atoms with E-state index in [-0.39, 0.29) is 0 Å². The summed E-state index contributed by atoms with van der Waals surface area (Å²) in [5, 5.41) is 1.85. The third-order valence-corrected chi connectivity index (χ3v) is 4.31. The number of hydrogen-bond acceptors (Lipinski definition) is 0. The van der Waals surface area contributed by atoms with Crippen LogP contribution in [0.1, 0.15) is 12.8 Å². The van der Waals surface area contributed by atoms with Gasteiger partial charge in [0.25, 0.3) is 0 Å². The molecule has 0 aromatic heterocycles. The molecule has 13 heavy (non-hydrogen) atoms. The Morgan fingerprint density at radius 2 is 1.92 bits per heavy atom. The standard InChI is InChI=1S/C10H16Cl2N/c1-13(2)5-7-3-4-9(11)10(12)8(7)6-13/h7-8H,3-6H2,1-2H3/q+1/t7-,8+/m1/s1. The van der Waals surface area contributed by atoms with Crippen LogP contribution < -0.4 is 0 Å². The van der Waals surface area contributed by atoms with Gasteiger partial charge in [0.05, 0.1) is 33.1 Å². The Bertz CT molecular complexity index is 258. The summed E-state index contributed by atoms with van der Waals surface area (Å²) in [6.45, 7) is 2.41. The number of nitrogens with zero attached hydrogens (tertiary/aromatic N) is 1. The molecule has 1 aliphatic carbocycles. The molecule has 0 unspecified atom stereocenters.